The number of ether oxygens (including phenoxy) is 1. The van der Waals surface area contributed by atoms with Gasteiger partial charge in [0.2, 0.25) is 17.7 Å². The van der Waals surface area contributed by atoms with Crippen LogP contribution in [0, 0.1) is 0 Å². The van der Waals surface area contributed by atoms with Crippen LogP contribution in [0.15, 0.2) is 71.9 Å². The number of hydrazone groups is 1. The number of nitrogens with one attached hydrogen (secondary N) is 2. The molecule has 0 spiro atoms. The second kappa shape index (κ2) is 16.6. The molecule has 3 rings (SSSR count). The maximum absolute atomic E-state index is 13.2. The van der Waals surface area contributed by atoms with Crippen molar-refractivity contribution >= 4 is 29.9 Å². The van der Waals surface area contributed by atoms with Crippen LogP contribution in [0.25, 0.3) is 0 Å². The van der Waals surface area contributed by atoms with E-state index in [1.165, 1.54) is 6.21 Å². The Bertz CT molecular complexity index is 1200. The minimum Gasteiger partial charge on any atom is -0.456 e. The molecular weight excluding hydrogens is 512 g/mol. The van der Waals surface area contributed by atoms with Gasteiger partial charge in [0.25, 0.3) is 0 Å². The van der Waals surface area contributed by atoms with Gasteiger partial charge in [-0.3, -0.25) is 24.4 Å². The average Bonchev–Trinajstić information content (AvgIpc) is 2.96. The number of hydroxylamine groups is 1. The number of hydrogen-bond acceptors (Lipinski definition) is 7. The molecule has 10 heteroatoms. The second-order valence-electron chi connectivity index (χ2n) is 9.49. The molecule has 2 aromatic rings. The van der Waals surface area contributed by atoms with Crippen LogP contribution in [-0.2, 0) is 30.5 Å². The topological polar surface area (TPSA) is 137 Å². The summed E-state index contributed by atoms with van der Waals surface area (Å²) in [5.74, 6) is -1.11. The van der Waals surface area contributed by atoms with E-state index in [0.717, 1.165) is 16.7 Å². The van der Waals surface area contributed by atoms with Crippen LogP contribution in [-0.4, -0.2) is 46.6 Å². The number of carbonyl (C=O) groups excluding carboxylic acids is 4. The van der Waals surface area contributed by atoms with E-state index in [4.69, 9.17) is 9.94 Å². The van der Waals surface area contributed by atoms with E-state index in [0.29, 0.717) is 38.6 Å². The fraction of sp³-hybridized carbons (Fsp3) is 0.367. The van der Waals surface area contributed by atoms with Gasteiger partial charge in [0, 0.05) is 32.2 Å². The van der Waals surface area contributed by atoms with Crippen LogP contribution < -0.4 is 10.9 Å². The molecule has 0 fully saturated rings. The predicted octanol–water partition coefficient (Wildman–Crippen LogP) is 3.95. The molecule has 1 aliphatic heterocycles. The molecule has 3 N–H and O–H groups in total. The summed E-state index contributed by atoms with van der Waals surface area (Å²) in [5, 5.41) is 12.5. The van der Waals surface area contributed by atoms with Crippen molar-refractivity contribution in [2.24, 2.45) is 5.10 Å². The molecule has 0 radical (unpaired) electrons. The third-order valence-electron chi connectivity index (χ3n) is 6.30. The van der Waals surface area contributed by atoms with E-state index < -0.39 is 12.0 Å². The summed E-state index contributed by atoms with van der Waals surface area (Å²) in [6.07, 6.45) is 7.91. The Labute approximate surface area is 234 Å². The van der Waals surface area contributed by atoms with Crippen LogP contribution in [0.1, 0.15) is 74.2 Å². The zero-order valence-electron chi connectivity index (χ0n) is 22.5. The summed E-state index contributed by atoms with van der Waals surface area (Å²) in [5.41, 5.74) is 6.47. The first kappa shape index (κ1) is 30.2. The normalized spacial score (nSPS) is 17.4. The first-order valence-corrected chi connectivity index (χ1v) is 13.5. The van der Waals surface area contributed by atoms with Crippen LogP contribution >= 0.6 is 0 Å². The molecule has 0 aliphatic carbocycles. The van der Waals surface area contributed by atoms with Gasteiger partial charge in [-0.1, -0.05) is 60.7 Å². The molecular formula is C30H36N4O6. The Morgan fingerprint density at radius 1 is 0.975 bits per heavy atom. The van der Waals surface area contributed by atoms with Gasteiger partial charge in [0.05, 0.1) is 12.8 Å². The van der Waals surface area contributed by atoms with E-state index >= 15 is 0 Å². The fourth-order valence-electron chi connectivity index (χ4n) is 4.21. The van der Waals surface area contributed by atoms with Crippen LogP contribution in [0.5, 0.6) is 0 Å². The third kappa shape index (κ3) is 10.8. The minimum absolute atomic E-state index is 0.0370. The van der Waals surface area contributed by atoms with Crippen LogP contribution in [0.4, 0.5) is 0 Å². The lowest BCUT2D eigenvalue weighted by Crippen LogP contribution is -2.35. The predicted molar refractivity (Wildman–Crippen MR) is 149 cm³/mol. The molecule has 0 saturated heterocycles. The Balaban J connectivity index is 1.66. The Morgan fingerprint density at radius 3 is 2.45 bits per heavy atom. The number of amides is 3. The number of allylic oxidation sites excluding steroid dienone is 2. The van der Waals surface area contributed by atoms with Crippen molar-refractivity contribution in [2.75, 3.05) is 6.54 Å². The average molecular weight is 549 g/mol. The standard InChI is InChI=1S/C30H36N4O6/c35-27(15-8-9-16-28(36)33-39)32-31-20-23-11-10-12-24(19-23)21-34-22-26(25-13-4-3-5-14-25)40-30(38)18-7-2-1-6-17-29(34)37/h1-5,10-14,19-20,26,39H,6-9,15-18,21-22H2,(H,32,35)(H,33,36)/b2-1+,31-20+/t26-/m0/s1. The molecule has 1 atom stereocenters. The lowest BCUT2D eigenvalue weighted by Gasteiger charge is -2.28. The second-order valence-corrected chi connectivity index (χ2v) is 9.49. The van der Waals surface area contributed by atoms with Gasteiger partial charge < -0.3 is 9.64 Å². The number of cyclic esters (lactones) is 1. The van der Waals surface area contributed by atoms with Crippen molar-refractivity contribution < 1.29 is 29.1 Å². The molecule has 1 heterocycles. The highest BCUT2D eigenvalue weighted by atomic mass is 16.5. The molecule has 212 valence electrons. The summed E-state index contributed by atoms with van der Waals surface area (Å²) in [4.78, 5) is 50.4. The first-order chi connectivity index (χ1) is 19.4. The number of benzene rings is 2. The van der Waals surface area contributed by atoms with Gasteiger partial charge in [-0.05, 0) is 48.4 Å². The van der Waals surface area contributed by atoms with Crippen molar-refractivity contribution in [2.45, 2.75) is 64.0 Å². The number of esters is 1. The molecule has 2 aromatic carbocycles. The molecule has 0 saturated carbocycles. The SMILES string of the molecule is O=C(CCCCC(=O)N/N=C/c1cccc(CN2C[C@@H](c3ccccc3)OC(=O)CC/C=C/CCC2=O)c1)NO. The summed E-state index contributed by atoms with van der Waals surface area (Å²) in [6.45, 7) is 0.547. The van der Waals surface area contributed by atoms with Crippen molar-refractivity contribution in [1.29, 1.82) is 0 Å². The zero-order valence-corrected chi connectivity index (χ0v) is 22.5. The van der Waals surface area contributed by atoms with Gasteiger partial charge in [-0.15, -0.1) is 0 Å². The lowest BCUT2D eigenvalue weighted by atomic mass is 10.1. The van der Waals surface area contributed by atoms with Crippen LogP contribution in [0.3, 0.4) is 0 Å². The van der Waals surface area contributed by atoms with Crippen molar-refractivity contribution in [3.63, 3.8) is 0 Å². The summed E-state index contributed by atoms with van der Waals surface area (Å²) in [7, 11) is 0. The van der Waals surface area contributed by atoms with E-state index in [-0.39, 0.29) is 43.6 Å². The lowest BCUT2D eigenvalue weighted by molar-refractivity contribution is -0.152. The molecule has 40 heavy (non-hydrogen) atoms. The Hall–Kier alpha value is -4.31. The largest absolute Gasteiger partial charge is 0.456 e. The number of nitrogens with zero attached hydrogens (tertiary/aromatic N) is 2. The maximum atomic E-state index is 13.2. The maximum Gasteiger partial charge on any atom is 0.306 e. The van der Waals surface area contributed by atoms with Crippen LogP contribution in [0.2, 0.25) is 0 Å². The highest BCUT2D eigenvalue weighted by Gasteiger charge is 2.24. The quantitative estimate of drug-likeness (QED) is 0.103. The van der Waals surface area contributed by atoms with E-state index in [2.05, 4.69) is 10.5 Å². The van der Waals surface area contributed by atoms with E-state index in [9.17, 15) is 19.2 Å². The minimum atomic E-state index is -0.584. The molecule has 1 aliphatic rings. The van der Waals surface area contributed by atoms with Gasteiger partial charge in [-0.25, -0.2) is 10.9 Å². The number of hydrogen-bond donors (Lipinski definition) is 3. The zero-order chi connectivity index (χ0) is 28.6. The fourth-order valence-corrected chi connectivity index (χ4v) is 4.21. The summed E-state index contributed by atoms with van der Waals surface area (Å²) < 4.78 is 5.82. The van der Waals surface area contributed by atoms with E-state index in [1.54, 1.807) is 10.4 Å². The highest BCUT2D eigenvalue weighted by Crippen LogP contribution is 2.22. The molecule has 0 unspecified atom stereocenters. The highest BCUT2D eigenvalue weighted by molar-refractivity contribution is 5.82. The first-order valence-electron chi connectivity index (χ1n) is 13.5. The smallest absolute Gasteiger partial charge is 0.306 e. The van der Waals surface area contributed by atoms with Crippen molar-refractivity contribution in [1.82, 2.24) is 15.8 Å². The third-order valence-corrected chi connectivity index (χ3v) is 6.30. The van der Waals surface area contributed by atoms with E-state index in [1.807, 2.05) is 66.7 Å². The molecule has 0 bridgehead atoms. The van der Waals surface area contributed by atoms with Gasteiger partial charge in [0.15, 0.2) is 0 Å². The number of rotatable bonds is 10. The molecule has 10 nitrogen and oxygen atoms in total. The van der Waals surface area contributed by atoms with Crippen molar-refractivity contribution in [3.8, 4) is 0 Å². The summed E-state index contributed by atoms with van der Waals surface area (Å²) in [6, 6.07) is 16.9. The monoisotopic (exact) mass is 548 g/mol. The Kier molecular flexibility index (Phi) is 12.6. The number of carbonyl (C=O) groups is 4. The van der Waals surface area contributed by atoms with Gasteiger partial charge in [-0.2, -0.15) is 5.10 Å². The van der Waals surface area contributed by atoms with Gasteiger partial charge >= 0.3 is 5.97 Å². The Morgan fingerprint density at radius 2 is 1.70 bits per heavy atom. The van der Waals surface area contributed by atoms with Crippen molar-refractivity contribution in [3.05, 3.63) is 83.4 Å². The molecule has 0 aromatic heterocycles. The van der Waals surface area contributed by atoms with Gasteiger partial charge in [0.1, 0.15) is 6.10 Å². The summed E-state index contributed by atoms with van der Waals surface area (Å²) >= 11 is 0. The number of unbranched alkanes of at least 4 members (excludes halogenated alkanes) is 1. The molecule has 3 amide bonds.